The SMILES string of the molecule is COC(=O)C1(C)C[C@H]2C(C)(C)CCC[C@]2(C)N1S(=O)(=O)c1ccc(C)cc1. The van der Waals surface area contributed by atoms with Crippen LogP contribution in [0.2, 0.25) is 0 Å². The van der Waals surface area contributed by atoms with Gasteiger partial charge in [0.05, 0.1) is 12.0 Å². The maximum absolute atomic E-state index is 13.8. The summed E-state index contributed by atoms with van der Waals surface area (Å²) in [6.45, 7) is 10.0. The summed E-state index contributed by atoms with van der Waals surface area (Å²) in [5, 5.41) is 0. The molecule has 1 saturated carbocycles. The van der Waals surface area contributed by atoms with E-state index in [4.69, 9.17) is 4.74 Å². The summed E-state index contributed by atoms with van der Waals surface area (Å²) in [5.74, 6) is -0.396. The zero-order valence-corrected chi connectivity index (χ0v) is 18.0. The Morgan fingerprint density at radius 2 is 1.70 bits per heavy atom. The molecular formula is C21H31NO4S. The third-order valence-electron chi connectivity index (χ3n) is 6.90. The first-order valence-corrected chi connectivity index (χ1v) is 11.0. The Labute approximate surface area is 163 Å². The molecule has 3 rings (SSSR count). The van der Waals surface area contributed by atoms with E-state index in [-0.39, 0.29) is 16.2 Å². The molecule has 0 N–H and O–H groups in total. The number of esters is 1. The molecule has 1 aromatic carbocycles. The number of rotatable bonds is 3. The normalized spacial score (nSPS) is 33.5. The molecule has 1 heterocycles. The van der Waals surface area contributed by atoms with Gasteiger partial charge in [-0.3, -0.25) is 4.79 Å². The molecule has 1 saturated heterocycles. The van der Waals surface area contributed by atoms with Gasteiger partial charge in [-0.1, -0.05) is 38.0 Å². The van der Waals surface area contributed by atoms with Crippen molar-refractivity contribution in [3.8, 4) is 0 Å². The average molecular weight is 394 g/mol. The molecule has 27 heavy (non-hydrogen) atoms. The Kier molecular flexibility index (Phi) is 4.75. The highest BCUT2D eigenvalue weighted by atomic mass is 32.2. The van der Waals surface area contributed by atoms with Gasteiger partial charge in [0.1, 0.15) is 5.54 Å². The minimum Gasteiger partial charge on any atom is -0.468 e. The molecule has 3 atom stereocenters. The molecule has 1 aliphatic heterocycles. The summed E-state index contributed by atoms with van der Waals surface area (Å²) in [4.78, 5) is 13.1. The summed E-state index contributed by atoms with van der Waals surface area (Å²) < 4.78 is 34.1. The van der Waals surface area contributed by atoms with Crippen LogP contribution in [0.15, 0.2) is 29.2 Å². The predicted molar refractivity (Wildman–Crippen MR) is 105 cm³/mol. The number of benzene rings is 1. The van der Waals surface area contributed by atoms with Crippen LogP contribution in [-0.4, -0.2) is 36.9 Å². The Morgan fingerprint density at radius 3 is 2.26 bits per heavy atom. The van der Waals surface area contributed by atoms with Crippen molar-refractivity contribution in [2.75, 3.05) is 7.11 Å². The van der Waals surface area contributed by atoms with E-state index in [0.717, 1.165) is 24.8 Å². The van der Waals surface area contributed by atoms with Crippen molar-refractivity contribution in [1.29, 1.82) is 0 Å². The molecule has 0 spiro atoms. The molecule has 0 radical (unpaired) electrons. The number of ether oxygens (including phenoxy) is 1. The fraction of sp³-hybridized carbons (Fsp3) is 0.667. The van der Waals surface area contributed by atoms with E-state index in [1.807, 2.05) is 13.8 Å². The second-order valence-electron chi connectivity index (χ2n) is 9.30. The van der Waals surface area contributed by atoms with E-state index in [0.29, 0.717) is 6.42 Å². The summed E-state index contributed by atoms with van der Waals surface area (Å²) in [6.07, 6.45) is 3.20. The largest absolute Gasteiger partial charge is 0.468 e. The average Bonchev–Trinajstić information content (AvgIpc) is 2.84. The predicted octanol–water partition coefficient (Wildman–Crippen LogP) is 3.91. The molecule has 0 bridgehead atoms. The van der Waals surface area contributed by atoms with Gasteiger partial charge in [-0.05, 0) is 63.5 Å². The lowest BCUT2D eigenvalue weighted by Gasteiger charge is -2.50. The number of aryl methyl sites for hydroxylation is 1. The highest BCUT2D eigenvalue weighted by Gasteiger charge is 2.67. The number of methoxy groups -OCH3 is 1. The molecule has 0 amide bonds. The maximum atomic E-state index is 13.8. The van der Waals surface area contributed by atoms with Crippen LogP contribution in [0.4, 0.5) is 0 Å². The first kappa shape index (κ1) is 20.3. The Morgan fingerprint density at radius 1 is 1.11 bits per heavy atom. The molecule has 1 aliphatic carbocycles. The first-order valence-electron chi connectivity index (χ1n) is 9.60. The first-order chi connectivity index (χ1) is 12.4. The molecule has 1 unspecified atom stereocenters. The van der Waals surface area contributed by atoms with Crippen molar-refractivity contribution in [3.05, 3.63) is 29.8 Å². The monoisotopic (exact) mass is 393 g/mol. The Bertz CT molecular complexity index is 845. The molecule has 6 heteroatoms. The van der Waals surface area contributed by atoms with Crippen LogP contribution in [-0.2, 0) is 19.6 Å². The topological polar surface area (TPSA) is 63.7 Å². The quantitative estimate of drug-likeness (QED) is 0.731. The maximum Gasteiger partial charge on any atom is 0.327 e. The van der Waals surface area contributed by atoms with Crippen molar-refractivity contribution in [2.45, 2.75) is 76.3 Å². The Balaban J connectivity index is 2.22. The van der Waals surface area contributed by atoms with E-state index in [1.165, 1.54) is 11.4 Å². The van der Waals surface area contributed by atoms with Crippen LogP contribution in [0.1, 0.15) is 58.9 Å². The van der Waals surface area contributed by atoms with E-state index < -0.39 is 27.1 Å². The van der Waals surface area contributed by atoms with E-state index in [2.05, 4.69) is 13.8 Å². The third-order valence-corrected chi connectivity index (χ3v) is 9.06. The van der Waals surface area contributed by atoms with Gasteiger partial charge in [0.2, 0.25) is 10.0 Å². The smallest absolute Gasteiger partial charge is 0.327 e. The molecule has 2 fully saturated rings. The number of carbonyl (C=O) groups excluding carboxylic acids is 1. The number of sulfonamides is 1. The number of hydrogen-bond donors (Lipinski definition) is 0. The van der Waals surface area contributed by atoms with Crippen molar-refractivity contribution in [3.63, 3.8) is 0 Å². The van der Waals surface area contributed by atoms with Gasteiger partial charge in [-0.25, -0.2) is 8.42 Å². The third kappa shape index (κ3) is 2.92. The lowest BCUT2D eigenvalue weighted by atomic mass is 9.60. The van der Waals surface area contributed by atoms with Crippen LogP contribution in [0, 0.1) is 18.3 Å². The van der Waals surface area contributed by atoms with Crippen LogP contribution >= 0.6 is 0 Å². The van der Waals surface area contributed by atoms with Gasteiger partial charge in [0, 0.05) is 5.54 Å². The summed E-state index contributed by atoms with van der Waals surface area (Å²) >= 11 is 0. The molecule has 0 aromatic heterocycles. The number of hydrogen-bond acceptors (Lipinski definition) is 4. The van der Waals surface area contributed by atoms with Crippen molar-refractivity contribution >= 4 is 16.0 Å². The fourth-order valence-corrected chi connectivity index (χ4v) is 7.76. The minimum absolute atomic E-state index is 0.0418. The summed E-state index contributed by atoms with van der Waals surface area (Å²) in [5.41, 5.74) is -0.873. The van der Waals surface area contributed by atoms with Gasteiger partial charge in [0.25, 0.3) is 0 Å². The van der Waals surface area contributed by atoms with E-state index in [1.54, 1.807) is 31.2 Å². The second-order valence-corrected chi connectivity index (χ2v) is 11.1. The molecule has 1 aromatic rings. The van der Waals surface area contributed by atoms with Gasteiger partial charge in [-0.2, -0.15) is 4.31 Å². The van der Waals surface area contributed by atoms with Gasteiger partial charge in [0.15, 0.2) is 0 Å². The van der Waals surface area contributed by atoms with Crippen LogP contribution in [0.3, 0.4) is 0 Å². The summed E-state index contributed by atoms with van der Waals surface area (Å²) in [7, 11) is -2.53. The number of nitrogens with zero attached hydrogens (tertiary/aromatic N) is 1. The summed E-state index contributed by atoms with van der Waals surface area (Å²) in [6, 6.07) is 6.85. The second kappa shape index (κ2) is 6.31. The van der Waals surface area contributed by atoms with Crippen molar-refractivity contribution < 1.29 is 17.9 Å². The minimum atomic E-state index is -3.86. The number of carbonyl (C=O) groups is 1. The highest BCUT2D eigenvalue weighted by molar-refractivity contribution is 7.89. The van der Waals surface area contributed by atoms with Crippen LogP contribution in [0.5, 0.6) is 0 Å². The highest BCUT2D eigenvalue weighted by Crippen LogP contribution is 2.60. The lowest BCUT2D eigenvalue weighted by molar-refractivity contribution is -0.151. The zero-order valence-electron chi connectivity index (χ0n) is 17.2. The molecule has 2 aliphatic rings. The van der Waals surface area contributed by atoms with Gasteiger partial charge >= 0.3 is 5.97 Å². The lowest BCUT2D eigenvalue weighted by Crippen LogP contribution is -2.60. The van der Waals surface area contributed by atoms with Gasteiger partial charge in [-0.15, -0.1) is 0 Å². The van der Waals surface area contributed by atoms with Crippen LogP contribution in [0.25, 0.3) is 0 Å². The standard InChI is InChI=1S/C21H31NO4S/c1-15-8-10-16(11-9-15)27(24,25)22-20(4)13-7-12-19(2,3)17(20)14-21(22,5)18(23)26-6/h8-11,17H,7,12-14H2,1-6H3/t17-,20-,21?/m0/s1. The Hall–Kier alpha value is -1.40. The number of fused-ring (bicyclic) bond motifs is 1. The van der Waals surface area contributed by atoms with E-state index in [9.17, 15) is 13.2 Å². The fourth-order valence-electron chi connectivity index (χ4n) is 5.62. The zero-order chi connectivity index (χ0) is 20.3. The molecule has 5 nitrogen and oxygen atoms in total. The van der Waals surface area contributed by atoms with Crippen molar-refractivity contribution in [1.82, 2.24) is 4.31 Å². The molecular weight excluding hydrogens is 362 g/mol. The van der Waals surface area contributed by atoms with E-state index >= 15 is 0 Å². The van der Waals surface area contributed by atoms with Crippen molar-refractivity contribution in [2.24, 2.45) is 11.3 Å². The van der Waals surface area contributed by atoms with Crippen LogP contribution < -0.4 is 0 Å². The molecule has 150 valence electrons. The van der Waals surface area contributed by atoms with Gasteiger partial charge < -0.3 is 4.74 Å².